The molecule has 108 valence electrons. The van der Waals surface area contributed by atoms with Gasteiger partial charge in [-0.15, -0.1) is 0 Å². The van der Waals surface area contributed by atoms with E-state index in [1.165, 1.54) is 0 Å². The summed E-state index contributed by atoms with van der Waals surface area (Å²) < 4.78 is 5.37. The molecule has 1 saturated carbocycles. The molecule has 1 aliphatic heterocycles. The Hall–Kier alpha value is -1.30. The first-order valence-corrected chi connectivity index (χ1v) is 6.87. The Labute approximate surface area is 112 Å². The molecule has 3 N–H and O–H groups in total. The van der Waals surface area contributed by atoms with Crippen LogP contribution in [0.2, 0.25) is 0 Å². The number of carbonyl (C=O) groups excluding carboxylic acids is 1. The first-order valence-electron chi connectivity index (χ1n) is 6.87. The molecule has 0 spiro atoms. The van der Waals surface area contributed by atoms with Crippen molar-refractivity contribution in [3.63, 3.8) is 0 Å². The average Bonchev–Trinajstić information content (AvgIpc) is 2.78. The number of nitrogens with one attached hydrogen (secondary N) is 2. The molecule has 2 rings (SSSR count). The maximum atomic E-state index is 12.0. The van der Waals surface area contributed by atoms with Crippen molar-refractivity contribution >= 4 is 12.0 Å². The lowest BCUT2D eigenvalue weighted by atomic mass is 9.94. The number of hydrogen-bond acceptors (Lipinski definition) is 3. The highest BCUT2D eigenvalue weighted by Gasteiger charge is 2.43. The van der Waals surface area contributed by atoms with Crippen molar-refractivity contribution in [3.8, 4) is 0 Å². The van der Waals surface area contributed by atoms with Crippen LogP contribution < -0.4 is 10.6 Å². The molecule has 19 heavy (non-hydrogen) atoms. The molecule has 6 heteroatoms. The summed E-state index contributed by atoms with van der Waals surface area (Å²) in [5, 5.41) is 14.8. The third-order valence-corrected chi connectivity index (χ3v) is 4.07. The third kappa shape index (κ3) is 3.18. The number of ether oxygens (including phenoxy) is 1. The Morgan fingerprint density at radius 1 is 1.11 bits per heavy atom. The average molecular weight is 270 g/mol. The smallest absolute Gasteiger partial charge is 0.329 e. The molecule has 0 aromatic carbocycles. The SMILES string of the molecule is CC1(NC(=O)NC2(C(=O)O)CCCC2)CCCOC1. The summed E-state index contributed by atoms with van der Waals surface area (Å²) >= 11 is 0. The number of amides is 2. The van der Waals surface area contributed by atoms with Gasteiger partial charge in [0.05, 0.1) is 12.1 Å². The monoisotopic (exact) mass is 270 g/mol. The van der Waals surface area contributed by atoms with Crippen molar-refractivity contribution in [2.75, 3.05) is 13.2 Å². The van der Waals surface area contributed by atoms with Crippen LogP contribution in [0.3, 0.4) is 0 Å². The first-order chi connectivity index (χ1) is 8.96. The van der Waals surface area contributed by atoms with E-state index in [4.69, 9.17) is 4.74 Å². The fourth-order valence-electron chi connectivity index (χ4n) is 2.93. The summed E-state index contributed by atoms with van der Waals surface area (Å²) in [6.45, 7) is 3.12. The first kappa shape index (κ1) is 14.1. The Morgan fingerprint density at radius 3 is 2.32 bits per heavy atom. The minimum atomic E-state index is -1.09. The Balaban J connectivity index is 1.94. The topological polar surface area (TPSA) is 87.7 Å². The second-order valence-electron chi connectivity index (χ2n) is 5.89. The molecule has 2 aliphatic rings. The molecule has 0 radical (unpaired) electrons. The molecule has 2 amide bonds. The van der Waals surface area contributed by atoms with Crippen molar-refractivity contribution < 1.29 is 19.4 Å². The van der Waals surface area contributed by atoms with Crippen LogP contribution in [-0.2, 0) is 9.53 Å². The zero-order valence-corrected chi connectivity index (χ0v) is 11.3. The predicted octanol–water partition coefficient (Wildman–Crippen LogP) is 1.25. The molecular weight excluding hydrogens is 248 g/mol. The van der Waals surface area contributed by atoms with Gasteiger partial charge in [0.25, 0.3) is 0 Å². The van der Waals surface area contributed by atoms with E-state index in [-0.39, 0.29) is 0 Å². The van der Waals surface area contributed by atoms with Gasteiger partial charge >= 0.3 is 12.0 Å². The normalized spacial score (nSPS) is 29.7. The number of rotatable bonds is 3. The lowest BCUT2D eigenvalue weighted by molar-refractivity contribution is -0.144. The van der Waals surface area contributed by atoms with Gasteiger partial charge in [-0.25, -0.2) is 9.59 Å². The van der Waals surface area contributed by atoms with Crippen LogP contribution in [-0.4, -0.2) is 41.4 Å². The minimum absolute atomic E-state index is 0.402. The van der Waals surface area contributed by atoms with E-state index < -0.39 is 23.1 Å². The van der Waals surface area contributed by atoms with E-state index in [2.05, 4.69) is 10.6 Å². The molecule has 6 nitrogen and oxygen atoms in total. The Bertz CT molecular complexity index is 358. The summed E-state index contributed by atoms with van der Waals surface area (Å²) in [4.78, 5) is 23.4. The summed E-state index contributed by atoms with van der Waals surface area (Å²) in [5.74, 6) is -0.940. The number of urea groups is 1. The predicted molar refractivity (Wildman–Crippen MR) is 69.0 cm³/mol. The number of carbonyl (C=O) groups is 2. The summed E-state index contributed by atoms with van der Waals surface area (Å²) in [6.07, 6.45) is 4.44. The lowest BCUT2D eigenvalue weighted by Crippen LogP contribution is -2.61. The molecule has 1 atom stereocenters. The van der Waals surface area contributed by atoms with Gasteiger partial charge < -0.3 is 20.5 Å². The molecule has 1 aliphatic carbocycles. The van der Waals surface area contributed by atoms with E-state index in [1.54, 1.807) is 0 Å². The molecule has 0 bridgehead atoms. The zero-order chi connectivity index (χ0) is 13.9. The third-order valence-electron chi connectivity index (χ3n) is 4.07. The number of aliphatic carboxylic acids is 1. The van der Waals surface area contributed by atoms with E-state index in [9.17, 15) is 14.7 Å². The van der Waals surface area contributed by atoms with E-state index in [0.717, 1.165) is 32.3 Å². The fourth-order valence-corrected chi connectivity index (χ4v) is 2.93. The van der Waals surface area contributed by atoms with Gasteiger partial charge in [0.1, 0.15) is 5.54 Å². The highest BCUT2D eigenvalue weighted by atomic mass is 16.5. The van der Waals surface area contributed by atoms with Crippen molar-refractivity contribution in [2.45, 2.75) is 56.5 Å². The minimum Gasteiger partial charge on any atom is -0.480 e. The second-order valence-corrected chi connectivity index (χ2v) is 5.89. The van der Waals surface area contributed by atoms with Crippen LogP contribution in [0.15, 0.2) is 0 Å². The quantitative estimate of drug-likeness (QED) is 0.720. The molecule has 1 heterocycles. The van der Waals surface area contributed by atoms with Gasteiger partial charge in [0.15, 0.2) is 0 Å². The van der Waals surface area contributed by atoms with Crippen molar-refractivity contribution in [3.05, 3.63) is 0 Å². The Morgan fingerprint density at radius 2 is 1.79 bits per heavy atom. The van der Waals surface area contributed by atoms with Gasteiger partial charge in [-0.3, -0.25) is 0 Å². The van der Waals surface area contributed by atoms with E-state index in [1.807, 2.05) is 6.92 Å². The molecule has 0 aromatic rings. The maximum absolute atomic E-state index is 12.0. The summed E-state index contributed by atoms with van der Waals surface area (Å²) in [7, 11) is 0. The van der Waals surface area contributed by atoms with Crippen LogP contribution in [0.25, 0.3) is 0 Å². The molecule has 0 aromatic heterocycles. The number of carboxylic acids is 1. The number of hydrogen-bond donors (Lipinski definition) is 3. The second kappa shape index (κ2) is 5.36. The summed E-state index contributed by atoms with van der Waals surface area (Å²) in [6, 6.07) is -0.405. The zero-order valence-electron chi connectivity index (χ0n) is 11.3. The molecule has 2 fully saturated rings. The molecule has 1 saturated heterocycles. The van der Waals surface area contributed by atoms with E-state index in [0.29, 0.717) is 19.4 Å². The largest absolute Gasteiger partial charge is 0.480 e. The molecule has 1 unspecified atom stereocenters. The van der Waals surface area contributed by atoms with Gasteiger partial charge in [-0.2, -0.15) is 0 Å². The number of carboxylic acid groups (broad SMARTS) is 1. The van der Waals surface area contributed by atoms with Crippen LogP contribution in [0.1, 0.15) is 45.4 Å². The van der Waals surface area contributed by atoms with E-state index >= 15 is 0 Å². The van der Waals surface area contributed by atoms with Crippen molar-refractivity contribution in [1.82, 2.24) is 10.6 Å². The van der Waals surface area contributed by atoms with Gasteiger partial charge in [-0.1, -0.05) is 12.8 Å². The Kier molecular flexibility index (Phi) is 3.99. The van der Waals surface area contributed by atoms with Crippen LogP contribution in [0.4, 0.5) is 4.79 Å². The van der Waals surface area contributed by atoms with Crippen LogP contribution >= 0.6 is 0 Å². The van der Waals surface area contributed by atoms with Gasteiger partial charge in [0, 0.05) is 6.61 Å². The molecular formula is C13H22N2O4. The van der Waals surface area contributed by atoms with Crippen LogP contribution in [0.5, 0.6) is 0 Å². The standard InChI is InChI=1S/C13H22N2O4/c1-12(5-4-8-19-9-12)14-11(18)15-13(10(16)17)6-2-3-7-13/h2-9H2,1H3,(H,16,17)(H2,14,15,18). The highest BCUT2D eigenvalue weighted by Crippen LogP contribution is 2.30. The lowest BCUT2D eigenvalue weighted by Gasteiger charge is -2.35. The van der Waals surface area contributed by atoms with Gasteiger partial charge in [-0.05, 0) is 32.6 Å². The highest BCUT2D eigenvalue weighted by molar-refractivity contribution is 5.86. The van der Waals surface area contributed by atoms with Crippen molar-refractivity contribution in [1.29, 1.82) is 0 Å². The van der Waals surface area contributed by atoms with Gasteiger partial charge in [0.2, 0.25) is 0 Å². The van der Waals surface area contributed by atoms with Crippen molar-refractivity contribution in [2.24, 2.45) is 0 Å². The maximum Gasteiger partial charge on any atom is 0.329 e. The van der Waals surface area contributed by atoms with Crippen LogP contribution in [0, 0.1) is 0 Å². The summed E-state index contributed by atoms with van der Waals surface area (Å²) in [5.41, 5.74) is -1.49. The fraction of sp³-hybridized carbons (Fsp3) is 0.846.